The third-order valence-corrected chi connectivity index (χ3v) is 4.51. The van der Waals surface area contributed by atoms with Gasteiger partial charge < -0.3 is 9.88 Å². The van der Waals surface area contributed by atoms with E-state index in [-0.39, 0.29) is 5.91 Å². The molecule has 6 heteroatoms. The molecule has 0 saturated carbocycles. The third-order valence-electron chi connectivity index (χ3n) is 3.29. The van der Waals surface area contributed by atoms with Gasteiger partial charge >= 0.3 is 0 Å². The van der Waals surface area contributed by atoms with Crippen LogP contribution in [0.15, 0.2) is 12.4 Å². The summed E-state index contributed by atoms with van der Waals surface area (Å²) < 4.78 is 1.72. The van der Waals surface area contributed by atoms with Gasteiger partial charge in [-0.15, -0.1) is 11.3 Å². The van der Waals surface area contributed by atoms with Crippen LogP contribution in [0.4, 0.5) is 0 Å². The number of aromatic nitrogens is 3. The fourth-order valence-electron chi connectivity index (χ4n) is 2.30. The molecule has 2 aromatic heterocycles. The maximum absolute atomic E-state index is 11.8. The van der Waals surface area contributed by atoms with Crippen LogP contribution in [0.5, 0.6) is 0 Å². The van der Waals surface area contributed by atoms with E-state index < -0.39 is 0 Å². The summed E-state index contributed by atoms with van der Waals surface area (Å²) >= 11 is 1.79. The number of amides is 1. The number of thiazole rings is 1. The second kappa shape index (κ2) is 5.13. The lowest BCUT2D eigenvalue weighted by Crippen LogP contribution is -2.28. The highest BCUT2D eigenvalue weighted by atomic mass is 32.1. The second-order valence-corrected chi connectivity index (χ2v) is 5.87. The Hall–Kier alpha value is -1.69. The van der Waals surface area contributed by atoms with E-state index in [4.69, 9.17) is 0 Å². The van der Waals surface area contributed by atoms with Crippen LogP contribution in [-0.4, -0.2) is 27.0 Å². The third kappa shape index (κ3) is 2.53. The molecule has 0 bridgehead atoms. The van der Waals surface area contributed by atoms with Gasteiger partial charge in [-0.3, -0.25) is 4.79 Å². The summed E-state index contributed by atoms with van der Waals surface area (Å²) in [4.78, 5) is 21.9. The molecular weight excluding hydrogens is 260 g/mol. The predicted octanol–water partition coefficient (Wildman–Crippen LogP) is 1.34. The SMILES string of the molecule is Cn1ccnc1C(=O)NCCc1nc2c(s1)CCC2. The van der Waals surface area contributed by atoms with Crippen molar-refractivity contribution in [2.24, 2.45) is 7.05 Å². The van der Waals surface area contributed by atoms with Gasteiger partial charge in [0, 0.05) is 37.3 Å². The fraction of sp³-hybridized carbons (Fsp3) is 0.462. The van der Waals surface area contributed by atoms with Gasteiger partial charge in [0.05, 0.1) is 10.7 Å². The molecule has 0 aromatic carbocycles. The monoisotopic (exact) mass is 276 g/mol. The first-order valence-electron chi connectivity index (χ1n) is 6.47. The number of nitrogens with zero attached hydrogens (tertiary/aromatic N) is 3. The topological polar surface area (TPSA) is 59.8 Å². The Morgan fingerprint density at radius 1 is 1.53 bits per heavy atom. The first-order valence-corrected chi connectivity index (χ1v) is 7.28. The number of rotatable bonds is 4. The number of carbonyl (C=O) groups is 1. The van der Waals surface area contributed by atoms with Gasteiger partial charge in [-0.25, -0.2) is 9.97 Å². The average molecular weight is 276 g/mol. The van der Waals surface area contributed by atoms with Crippen molar-refractivity contribution in [1.29, 1.82) is 0 Å². The number of hydrogen-bond acceptors (Lipinski definition) is 4. The Labute approximate surface area is 115 Å². The minimum Gasteiger partial charge on any atom is -0.349 e. The smallest absolute Gasteiger partial charge is 0.287 e. The zero-order valence-electron chi connectivity index (χ0n) is 10.8. The Bertz CT molecular complexity index is 580. The van der Waals surface area contributed by atoms with Crippen LogP contribution in [0.3, 0.4) is 0 Å². The van der Waals surface area contributed by atoms with E-state index in [1.165, 1.54) is 23.4 Å². The first-order chi connectivity index (χ1) is 9.24. The van der Waals surface area contributed by atoms with E-state index in [2.05, 4.69) is 15.3 Å². The molecule has 0 fully saturated rings. The van der Waals surface area contributed by atoms with Crippen molar-refractivity contribution in [1.82, 2.24) is 19.9 Å². The van der Waals surface area contributed by atoms with Crippen molar-refractivity contribution in [3.63, 3.8) is 0 Å². The van der Waals surface area contributed by atoms with Crippen LogP contribution in [-0.2, 0) is 26.3 Å². The largest absolute Gasteiger partial charge is 0.349 e. The van der Waals surface area contributed by atoms with E-state index in [0.717, 1.165) is 17.8 Å². The van der Waals surface area contributed by atoms with E-state index in [1.54, 1.807) is 28.3 Å². The number of hydrogen-bond donors (Lipinski definition) is 1. The van der Waals surface area contributed by atoms with Gasteiger partial charge in [0.15, 0.2) is 5.82 Å². The van der Waals surface area contributed by atoms with Gasteiger partial charge in [-0.2, -0.15) is 0 Å². The summed E-state index contributed by atoms with van der Waals surface area (Å²) in [6.45, 7) is 0.609. The number of fused-ring (bicyclic) bond motifs is 1. The normalized spacial score (nSPS) is 13.5. The lowest BCUT2D eigenvalue weighted by Gasteiger charge is -2.03. The highest BCUT2D eigenvalue weighted by Crippen LogP contribution is 2.27. The quantitative estimate of drug-likeness (QED) is 0.916. The van der Waals surface area contributed by atoms with Crippen LogP contribution < -0.4 is 5.32 Å². The number of aryl methyl sites for hydroxylation is 3. The molecular formula is C13H16N4OS. The summed E-state index contributed by atoms with van der Waals surface area (Å²) in [7, 11) is 1.81. The maximum atomic E-state index is 11.8. The van der Waals surface area contributed by atoms with Crippen molar-refractivity contribution in [2.45, 2.75) is 25.7 Å². The molecule has 5 nitrogen and oxygen atoms in total. The van der Waals surface area contributed by atoms with Crippen molar-refractivity contribution in [2.75, 3.05) is 6.54 Å². The van der Waals surface area contributed by atoms with Gasteiger partial charge in [0.25, 0.3) is 5.91 Å². The molecule has 1 N–H and O–H groups in total. The summed E-state index contributed by atoms with van der Waals surface area (Å²) in [6, 6.07) is 0. The zero-order valence-corrected chi connectivity index (χ0v) is 11.7. The molecule has 100 valence electrons. The number of carbonyl (C=O) groups excluding carboxylic acids is 1. The van der Waals surface area contributed by atoms with Gasteiger partial charge in [0.1, 0.15) is 0 Å². The molecule has 0 atom stereocenters. The van der Waals surface area contributed by atoms with Crippen molar-refractivity contribution in [3.8, 4) is 0 Å². The Kier molecular flexibility index (Phi) is 3.33. The van der Waals surface area contributed by atoms with Gasteiger partial charge in [-0.1, -0.05) is 0 Å². The summed E-state index contributed by atoms with van der Waals surface area (Å²) in [5, 5.41) is 4.01. The molecule has 0 unspecified atom stereocenters. The zero-order chi connectivity index (χ0) is 13.2. The lowest BCUT2D eigenvalue weighted by atomic mass is 10.3. The van der Waals surface area contributed by atoms with Crippen LogP contribution in [0.25, 0.3) is 0 Å². The molecule has 1 aliphatic carbocycles. The maximum Gasteiger partial charge on any atom is 0.287 e. The van der Waals surface area contributed by atoms with Crippen LogP contribution >= 0.6 is 11.3 Å². The van der Waals surface area contributed by atoms with E-state index in [0.29, 0.717) is 12.4 Å². The standard InChI is InChI=1S/C13H16N4OS/c1-17-8-7-14-12(17)13(18)15-6-5-11-16-9-3-2-4-10(9)19-11/h7-8H,2-6H2,1H3,(H,15,18). The van der Waals surface area contributed by atoms with Crippen LogP contribution in [0, 0.1) is 0 Å². The molecule has 2 heterocycles. The fourth-order valence-corrected chi connectivity index (χ4v) is 3.45. The molecule has 0 aliphatic heterocycles. The molecule has 1 aliphatic rings. The summed E-state index contributed by atoms with van der Waals surface area (Å²) in [5.74, 6) is 0.318. The minimum atomic E-state index is -0.128. The van der Waals surface area contributed by atoms with E-state index in [9.17, 15) is 4.79 Å². The molecule has 0 spiro atoms. The first kappa shape index (κ1) is 12.3. The van der Waals surface area contributed by atoms with E-state index in [1.807, 2.05) is 7.05 Å². The van der Waals surface area contributed by atoms with Gasteiger partial charge in [-0.05, 0) is 19.3 Å². The Morgan fingerprint density at radius 2 is 2.42 bits per heavy atom. The Morgan fingerprint density at radius 3 is 3.16 bits per heavy atom. The Balaban J connectivity index is 1.53. The second-order valence-electron chi connectivity index (χ2n) is 4.70. The molecule has 2 aromatic rings. The molecule has 19 heavy (non-hydrogen) atoms. The molecule has 0 saturated heterocycles. The van der Waals surface area contributed by atoms with Crippen molar-refractivity contribution >= 4 is 17.2 Å². The number of imidazole rings is 1. The molecule has 3 rings (SSSR count). The van der Waals surface area contributed by atoms with Crippen LogP contribution in [0.2, 0.25) is 0 Å². The predicted molar refractivity (Wildman–Crippen MR) is 73.4 cm³/mol. The summed E-state index contributed by atoms with van der Waals surface area (Å²) in [6.07, 6.45) is 7.72. The van der Waals surface area contributed by atoms with Gasteiger partial charge in [0.2, 0.25) is 0 Å². The van der Waals surface area contributed by atoms with Crippen molar-refractivity contribution < 1.29 is 4.79 Å². The molecule has 1 amide bonds. The average Bonchev–Trinajstić information content (AvgIpc) is 3.03. The van der Waals surface area contributed by atoms with Crippen LogP contribution in [0.1, 0.15) is 32.6 Å². The minimum absolute atomic E-state index is 0.128. The van der Waals surface area contributed by atoms with Crippen molar-refractivity contribution in [3.05, 3.63) is 33.8 Å². The molecule has 0 radical (unpaired) electrons. The summed E-state index contributed by atoms with van der Waals surface area (Å²) in [5.41, 5.74) is 1.27. The number of nitrogens with one attached hydrogen (secondary N) is 1. The highest BCUT2D eigenvalue weighted by Gasteiger charge is 2.16. The highest BCUT2D eigenvalue weighted by molar-refractivity contribution is 7.11. The van der Waals surface area contributed by atoms with E-state index >= 15 is 0 Å². The lowest BCUT2D eigenvalue weighted by molar-refractivity contribution is 0.0940.